The Morgan fingerprint density at radius 2 is 1.24 bits per heavy atom. The SMILES string of the molecule is CC1(C)OB(c2cccc(C3(C(N)=O)CC3)c2)OC1(C)C.NC(=O)C1(c2cccc(Br)c2)CC1. The standard InChI is InChI=1S/C16H22BNO3.C10H10BrNO/c1-14(2)15(3,4)21-17(20-14)12-7-5-6-11(10-12)16(8-9-16)13(18)19;11-8-3-1-2-7(6-8)10(4-5-10)9(12)13/h5-7,10H,8-9H2,1-4H3,(H2,18,19);1-3,6H,4-5H2,(H2,12,13). The van der Waals surface area contributed by atoms with Gasteiger partial charge in [-0.1, -0.05) is 52.3 Å². The number of benzene rings is 2. The minimum absolute atomic E-state index is 0.203. The van der Waals surface area contributed by atoms with Gasteiger partial charge in [-0.15, -0.1) is 0 Å². The molecular weight excluding hydrogens is 495 g/mol. The molecule has 8 heteroatoms. The molecule has 0 unspecified atom stereocenters. The minimum Gasteiger partial charge on any atom is -0.399 e. The maximum atomic E-state index is 11.7. The van der Waals surface area contributed by atoms with Gasteiger partial charge in [0, 0.05) is 4.47 Å². The molecule has 2 aliphatic carbocycles. The molecule has 0 spiro atoms. The van der Waals surface area contributed by atoms with Gasteiger partial charge in [-0.2, -0.15) is 0 Å². The fourth-order valence-electron chi connectivity index (χ4n) is 4.35. The summed E-state index contributed by atoms with van der Waals surface area (Å²) in [7, 11) is -0.404. The van der Waals surface area contributed by atoms with Gasteiger partial charge in [-0.3, -0.25) is 9.59 Å². The second-order valence-corrected chi connectivity index (χ2v) is 11.5. The second-order valence-electron chi connectivity index (χ2n) is 10.6. The Labute approximate surface area is 210 Å². The summed E-state index contributed by atoms with van der Waals surface area (Å²) in [4.78, 5) is 22.9. The zero-order valence-corrected chi connectivity index (χ0v) is 21.8. The first kappa shape index (κ1) is 25.0. The van der Waals surface area contributed by atoms with E-state index in [2.05, 4.69) is 15.9 Å². The van der Waals surface area contributed by atoms with Crippen molar-refractivity contribution in [2.75, 3.05) is 0 Å². The monoisotopic (exact) mass is 526 g/mol. The lowest BCUT2D eigenvalue weighted by Gasteiger charge is -2.32. The van der Waals surface area contributed by atoms with Crippen LogP contribution in [0.15, 0.2) is 53.0 Å². The summed E-state index contributed by atoms with van der Waals surface area (Å²) in [5.74, 6) is -0.445. The highest BCUT2D eigenvalue weighted by molar-refractivity contribution is 9.10. The first-order valence-corrected chi connectivity index (χ1v) is 12.4. The molecule has 0 bridgehead atoms. The van der Waals surface area contributed by atoms with E-state index in [-0.39, 0.29) is 28.4 Å². The first-order chi connectivity index (χ1) is 15.8. The average molecular weight is 527 g/mol. The van der Waals surface area contributed by atoms with Gasteiger partial charge < -0.3 is 20.8 Å². The van der Waals surface area contributed by atoms with Crippen molar-refractivity contribution in [1.82, 2.24) is 0 Å². The summed E-state index contributed by atoms with van der Waals surface area (Å²) in [5.41, 5.74) is 12.3. The largest absolute Gasteiger partial charge is 0.494 e. The summed E-state index contributed by atoms with van der Waals surface area (Å²) in [6, 6.07) is 15.7. The van der Waals surface area contributed by atoms with E-state index in [0.717, 1.165) is 46.7 Å². The van der Waals surface area contributed by atoms with Gasteiger partial charge >= 0.3 is 7.12 Å². The van der Waals surface area contributed by atoms with Gasteiger partial charge in [0.1, 0.15) is 0 Å². The fourth-order valence-corrected chi connectivity index (χ4v) is 4.75. The van der Waals surface area contributed by atoms with E-state index in [0.29, 0.717) is 0 Å². The fraction of sp³-hybridized carbons (Fsp3) is 0.462. The lowest BCUT2D eigenvalue weighted by atomic mass is 9.77. The molecule has 1 aliphatic heterocycles. The van der Waals surface area contributed by atoms with Crippen molar-refractivity contribution < 1.29 is 18.9 Å². The van der Waals surface area contributed by atoms with E-state index in [4.69, 9.17) is 20.8 Å². The van der Waals surface area contributed by atoms with Crippen LogP contribution in [0.2, 0.25) is 0 Å². The molecule has 2 amide bonds. The Bertz CT molecular complexity index is 1110. The molecule has 0 atom stereocenters. The Hall–Kier alpha value is -2.16. The average Bonchev–Trinajstić information content (AvgIpc) is 3.67. The lowest BCUT2D eigenvalue weighted by Crippen LogP contribution is -2.41. The molecule has 3 fully saturated rings. The van der Waals surface area contributed by atoms with Gasteiger partial charge in [0.05, 0.1) is 22.0 Å². The van der Waals surface area contributed by atoms with Crippen molar-refractivity contribution in [3.8, 4) is 0 Å². The smallest absolute Gasteiger partial charge is 0.399 e. The van der Waals surface area contributed by atoms with Gasteiger partial charge in [-0.05, 0) is 82.1 Å². The third-order valence-electron chi connectivity index (χ3n) is 7.79. The van der Waals surface area contributed by atoms with Crippen molar-refractivity contribution in [2.24, 2.45) is 11.5 Å². The van der Waals surface area contributed by atoms with E-state index in [1.165, 1.54) is 0 Å². The Morgan fingerprint density at radius 3 is 1.65 bits per heavy atom. The van der Waals surface area contributed by atoms with Crippen LogP contribution in [0.4, 0.5) is 0 Å². The number of hydrogen-bond acceptors (Lipinski definition) is 4. The maximum Gasteiger partial charge on any atom is 0.494 e. The van der Waals surface area contributed by atoms with Gasteiger partial charge in [0.2, 0.25) is 11.8 Å². The van der Waals surface area contributed by atoms with Crippen LogP contribution < -0.4 is 16.9 Å². The van der Waals surface area contributed by atoms with Crippen LogP contribution in [-0.4, -0.2) is 30.1 Å². The van der Waals surface area contributed by atoms with Crippen molar-refractivity contribution >= 4 is 40.3 Å². The van der Waals surface area contributed by atoms with E-state index < -0.39 is 12.5 Å². The van der Waals surface area contributed by atoms with Crippen LogP contribution in [0.3, 0.4) is 0 Å². The number of halogens is 1. The Balaban J connectivity index is 0.000000180. The normalized spacial score (nSPS) is 22.3. The number of nitrogens with two attached hydrogens (primary N) is 2. The van der Waals surface area contributed by atoms with E-state index >= 15 is 0 Å². The Kier molecular flexibility index (Phi) is 6.24. The summed E-state index contributed by atoms with van der Waals surface area (Å²) in [6.45, 7) is 8.12. The van der Waals surface area contributed by atoms with E-state index in [9.17, 15) is 9.59 Å². The summed E-state index contributed by atoms with van der Waals surface area (Å²) >= 11 is 3.38. The molecule has 1 saturated heterocycles. The van der Waals surface area contributed by atoms with Crippen LogP contribution in [-0.2, 0) is 29.7 Å². The number of carbonyl (C=O) groups is 2. The lowest BCUT2D eigenvalue weighted by molar-refractivity contribution is -0.121. The molecule has 0 radical (unpaired) electrons. The number of carbonyl (C=O) groups excluding carboxylic acids is 2. The molecule has 2 saturated carbocycles. The minimum atomic E-state index is -0.473. The molecule has 6 nitrogen and oxygen atoms in total. The van der Waals surface area contributed by atoms with Crippen molar-refractivity contribution in [3.63, 3.8) is 0 Å². The third kappa shape index (κ3) is 4.43. The number of hydrogen-bond donors (Lipinski definition) is 2. The van der Waals surface area contributed by atoms with E-state index in [1.54, 1.807) is 0 Å². The van der Waals surface area contributed by atoms with Crippen molar-refractivity contribution in [2.45, 2.75) is 75.4 Å². The van der Waals surface area contributed by atoms with Crippen LogP contribution in [0.5, 0.6) is 0 Å². The molecular formula is C26H32BBrN2O4. The van der Waals surface area contributed by atoms with Crippen LogP contribution in [0.25, 0.3) is 0 Å². The van der Waals surface area contributed by atoms with Crippen LogP contribution >= 0.6 is 15.9 Å². The molecule has 4 N–H and O–H groups in total. The number of primary amides is 2. The molecule has 2 aromatic carbocycles. The molecule has 3 aliphatic rings. The summed E-state index contributed by atoms with van der Waals surface area (Å²) in [5, 5.41) is 0. The predicted octanol–water partition coefficient (Wildman–Crippen LogP) is 3.47. The van der Waals surface area contributed by atoms with Gasteiger partial charge in [0.15, 0.2) is 0 Å². The van der Waals surface area contributed by atoms with Crippen molar-refractivity contribution in [1.29, 1.82) is 0 Å². The highest BCUT2D eigenvalue weighted by atomic mass is 79.9. The van der Waals surface area contributed by atoms with Crippen LogP contribution in [0, 0.1) is 0 Å². The molecule has 180 valence electrons. The quantitative estimate of drug-likeness (QED) is 0.582. The molecule has 34 heavy (non-hydrogen) atoms. The van der Waals surface area contributed by atoms with Gasteiger partial charge in [0.25, 0.3) is 0 Å². The molecule has 1 heterocycles. The van der Waals surface area contributed by atoms with E-state index in [1.807, 2.05) is 76.2 Å². The zero-order chi connectivity index (χ0) is 24.9. The second kappa shape index (κ2) is 8.50. The summed E-state index contributed by atoms with van der Waals surface area (Å²) in [6.07, 6.45) is 3.43. The topological polar surface area (TPSA) is 105 Å². The molecule has 2 aromatic rings. The maximum absolute atomic E-state index is 11.7. The Morgan fingerprint density at radius 1 is 0.794 bits per heavy atom. The van der Waals surface area contributed by atoms with Crippen molar-refractivity contribution in [3.05, 3.63) is 64.1 Å². The number of rotatable bonds is 5. The highest BCUT2D eigenvalue weighted by Gasteiger charge is 2.53. The predicted molar refractivity (Wildman–Crippen MR) is 137 cm³/mol. The summed E-state index contributed by atoms with van der Waals surface area (Å²) < 4.78 is 13.1. The molecule has 5 rings (SSSR count). The third-order valence-corrected chi connectivity index (χ3v) is 8.28. The zero-order valence-electron chi connectivity index (χ0n) is 20.2. The number of amides is 2. The van der Waals surface area contributed by atoms with Gasteiger partial charge in [-0.25, -0.2) is 0 Å². The highest BCUT2D eigenvalue weighted by Crippen LogP contribution is 2.49. The van der Waals surface area contributed by atoms with Crippen LogP contribution in [0.1, 0.15) is 64.5 Å². The first-order valence-electron chi connectivity index (χ1n) is 11.6. The molecule has 0 aromatic heterocycles.